The molecule has 2 fully saturated rings. The van der Waals surface area contributed by atoms with E-state index in [1.54, 1.807) is 6.20 Å². The summed E-state index contributed by atoms with van der Waals surface area (Å²) in [7, 11) is 1.50. The molecule has 0 radical (unpaired) electrons. The number of hydrogen-bond donors (Lipinski definition) is 1. The molecule has 44 heavy (non-hydrogen) atoms. The number of rotatable bonds is 7. The number of aromatic nitrogens is 4. The number of hydrogen-bond acceptors (Lipinski definition) is 7. The molecule has 8 heteroatoms. The van der Waals surface area contributed by atoms with Crippen LogP contribution in [0.3, 0.4) is 0 Å². The van der Waals surface area contributed by atoms with E-state index >= 15 is 0 Å². The van der Waals surface area contributed by atoms with Crippen molar-refractivity contribution < 1.29 is 9.53 Å². The van der Waals surface area contributed by atoms with Crippen LogP contribution in [0.4, 0.5) is 5.82 Å². The summed E-state index contributed by atoms with van der Waals surface area (Å²) in [6.45, 7) is 4.48. The molecule has 224 valence electrons. The number of methoxy groups -OCH3 is 1. The average Bonchev–Trinajstić information content (AvgIpc) is 3.43. The zero-order chi connectivity index (χ0) is 30.2. The number of imidazole rings is 1. The summed E-state index contributed by atoms with van der Waals surface area (Å²) in [6.07, 6.45) is 5.77. The average molecular weight is 587 g/mol. The van der Waals surface area contributed by atoms with Crippen LogP contribution in [0.5, 0.6) is 0 Å². The fourth-order valence-corrected chi connectivity index (χ4v) is 7.01. The minimum absolute atomic E-state index is 0.0457. The van der Waals surface area contributed by atoms with Crippen LogP contribution in [0.25, 0.3) is 39.5 Å². The van der Waals surface area contributed by atoms with E-state index in [1.807, 2.05) is 42.5 Å². The predicted octanol–water partition coefficient (Wildman–Crippen LogP) is 6.50. The van der Waals surface area contributed by atoms with Crippen molar-refractivity contribution in [2.75, 3.05) is 25.9 Å². The van der Waals surface area contributed by atoms with Gasteiger partial charge >= 0.3 is 5.97 Å². The maximum atomic E-state index is 11.9. The van der Waals surface area contributed by atoms with Gasteiger partial charge in [-0.15, -0.1) is 0 Å². The van der Waals surface area contributed by atoms with E-state index in [0.717, 1.165) is 78.3 Å². The van der Waals surface area contributed by atoms with E-state index in [-0.39, 0.29) is 11.9 Å². The maximum Gasteiger partial charge on any atom is 0.308 e. The molecule has 2 aliphatic rings. The number of likely N-dealkylation sites (tertiary alicyclic amines) is 1. The van der Waals surface area contributed by atoms with Crippen LogP contribution in [0.2, 0.25) is 0 Å². The van der Waals surface area contributed by atoms with Crippen molar-refractivity contribution >= 4 is 23.0 Å². The molecule has 1 atom stereocenters. The lowest BCUT2D eigenvalue weighted by Gasteiger charge is -2.47. The van der Waals surface area contributed by atoms with Gasteiger partial charge in [0.15, 0.2) is 11.5 Å². The quantitative estimate of drug-likeness (QED) is 0.217. The van der Waals surface area contributed by atoms with Crippen molar-refractivity contribution in [2.24, 2.45) is 11.8 Å². The standard InChI is InChI=1S/C36H38N6O2/c1-23(24-10-12-27(13-11-24)36(43)44-2)41-21-28(22-41)25-14-16-29(17-15-25)42-34(30-9-6-20-38-33(30)37)40-32-19-18-31(39-35(32)42)26-7-4-3-5-8-26/h3-9,14-20,23-24,27-28H,10-13,21-22H2,1-2H3,(H2,37,38)/t23-,24?,27?/m0/s1. The van der Waals surface area contributed by atoms with Crippen LogP contribution in [0.15, 0.2) is 85.1 Å². The fraction of sp³-hybridized carbons (Fsp3) is 0.333. The number of nitrogens with zero attached hydrogens (tertiary/aromatic N) is 5. The molecule has 4 heterocycles. The number of esters is 1. The van der Waals surface area contributed by atoms with Gasteiger partial charge in [0.2, 0.25) is 0 Å². The topological polar surface area (TPSA) is 99.2 Å². The third-order valence-corrected chi connectivity index (χ3v) is 9.75. The van der Waals surface area contributed by atoms with Crippen molar-refractivity contribution in [1.29, 1.82) is 0 Å². The number of carbonyl (C=O) groups excluding carboxylic acids is 1. The molecule has 5 aromatic rings. The number of anilines is 1. The molecule has 1 saturated heterocycles. The van der Waals surface area contributed by atoms with Crippen LogP contribution in [-0.2, 0) is 9.53 Å². The minimum Gasteiger partial charge on any atom is -0.469 e. The van der Waals surface area contributed by atoms with Gasteiger partial charge in [-0.1, -0.05) is 42.5 Å². The fourth-order valence-electron chi connectivity index (χ4n) is 7.01. The van der Waals surface area contributed by atoms with E-state index in [2.05, 4.69) is 57.8 Å². The molecule has 2 N–H and O–H groups in total. The lowest BCUT2D eigenvalue weighted by molar-refractivity contribution is -0.147. The van der Waals surface area contributed by atoms with Gasteiger partial charge in [0.05, 0.1) is 24.3 Å². The Morgan fingerprint density at radius 3 is 2.36 bits per heavy atom. The summed E-state index contributed by atoms with van der Waals surface area (Å²) in [4.78, 5) is 28.9. The zero-order valence-electron chi connectivity index (χ0n) is 25.3. The third kappa shape index (κ3) is 5.24. The van der Waals surface area contributed by atoms with Gasteiger partial charge < -0.3 is 10.5 Å². The molecule has 0 bridgehead atoms. The molecule has 0 amide bonds. The summed E-state index contributed by atoms with van der Waals surface area (Å²) in [5, 5.41) is 0. The molecule has 2 aromatic carbocycles. The van der Waals surface area contributed by atoms with Crippen molar-refractivity contribution in [2.45, 2.75) is 44.6 Å². The lowest BCUT2D eigenvalue weighted by Crippen LogP contribution is -2.52. The highest BCUT2D eigenvalue weighted by atomic mass is 16.5. The SMILES string of the molecule is COC(=O)C1CCC([C@H](C)N2CC(c3ccc(-n4c(-c5cccnc5N)nc5ccc(-c6ccccc6)nc54)cc3)C2)CC1. The number of nitrogens with two attached hydrogens (primary N) is 1. The number of ether oxygens (including phenoxy) is 1. The van der Waals surface area contributed by atoms with E-state index in [4.69, 9.17) is 20.4 Å². The van der Waals surface area contributed by atoms with Crippen LogP contribution in [0.1, 0.15) is 44.1 Å². The first-order valence-electron chi connectivity index (χ1n) is 15.6. The van der Waals surface area contributed by atoms with E-state index in [0.29, 0.717) is 23.7 Å². The first-order chi connectivity index (χ1) is 21.5. The monoisotopic (exact) mass is 586 g/mol. The van der Waals surface area contributed by atoms with Crippen molar-refractivity contribution in [3.05, 3.63) is 90.6 Å². The molecule has 7 rings (SSSR count). The van der Waals surface area contributed by atoms with Gasteiger partial charge in [0, 0.05) is 42.5 Å². The van der Waals surface area contributed by atoms with Crippen molar-refractivity contribution in [1.82, 2.24) is 24.4 Å². The molecule has 1 aliphatic carbocycles. The van der Waals surface area contributed by atoms with Crippen LogP contribution in [-0.4, -0.2) is 56.6 Å². The lowest BCUT2D eigenvalue weighted by atomic mass is 9.77. The highest BCUT2D eigenvalue weighted by molar-refractivity contribution is 5.84. The number of benzene rings is 2. The summed E-state index contributed by atoms with van der Waals surface area (Å²) in [5.74, 6) is 2.34. The Hall–Kier alpha value is -4.56. The van der Waals surface area contributed by atoms with Gasteiger partial charge in [0.1, 0.15) is 11.3 Å². The van der Waals surface area contributed by atoms with Crippen molar-refractivity contribution in [3.63, 3.8) is 0 Å². The second-order valence-corrected chi connectivity index (χ2v) is 12.2. The number of fused-ring (bicyclic) bond motifs is 1. The Labute approximate surface area is 257 Å². The second kappa shape index (κ2) is 11.8. The van der Waals surface area contributed by atoms with Crippen LogP contribution in [0, 0.1) is 11.8 Å². The van der Waals surface area contributed by atoms with E-state index in [9.17, 15) is 4.79 Å². The number of nitrogen functional groups attached to an aromatic ring is 1. The largest absolute Gasteiger partial charge is 0.469 e. The van der Waals surface area contributed by atoms with E-state index in [1.165, 1.54) is 12.7 Å². The Bertz CT molecular complexity index is 1770. The first-order valence-corrected chi connectivity index (χ1v) is 15.6. The summed E-state index contributed by atoms with van der Waals surface area (Å²) in [6, 6.07) is 27.4. The predicted molar refractivity (Wildman–Crippen MR) is 173 cm³/mol. The van der Waals surface area contributed by atoms with Crippen molar-refractivity contribution in [3.8, 4) is 28.3 Å². The Balaban J connectivity index is 1.13. The van der Waals surface area contributed by atoms with Gasteiger partial charge in [-0.3, -0.25) is 14.3 Å². The Morgan fingerprint density at radius 1 is 0.909 bits per heavy atom. The summed E-state index contributed by atoms with van der Waals surface area (Å²) < 4.78 is 7.07. The van der Waals surface area contributed by atoms with E-state index < -0.39 is 0 Å². The zero-order valence-corrected chi connectivity index (χ0v) is 25.3. The molecular weight excluding hydrogens is 548 g/mol. The normalized spacial score (nSPS) is 19.9. The molecule has 1 aliphatic heterocycles. The first kappa shape index (κ1) is 28.2. The van der Waals surface area contributed by atoms with Gasteiger partial charge in [0.25, 0.3) is 0 Å². The molecular formula is C36H38N6O2. The van der Waals surface area contributed by atoms with Gasteiger partial charge in [-0.2, -0.15) is 0 Å². The highest BCUT2D eigenvalue weighted by Crippen LogP contribution is 2.38. The molecule has 0 unspecified atom stereocenters. The maximum absolute atomic E-state index is 11.9. The number of pyridine rings is 2. The number of carbonyl (C=O) groups is 1. The van der Waals surface area contributed by atoms with Crippen LogP contribution < -0.4 is 5.73 Å². The molecule has 0 spiro atoms. The molecule has 1 saturated carbocycles. The van der Waals surface area contributed by atoms with Crippen LogP contribution >= 0.6 is 0 Å². The summed E-state index contributed by atoms with van der Waals surface area (Å²) >= 11 is 0. The third-order valence-electron chi connectivity index (χ3n) is 9.75. The smallest absolute Gasteiger partial charge is 0.308 e. The Morgan fingerprint density at radius 2 is 1.66 bits per heavy atom. The van der Waals surface area contributed by atoms with Gasteiger partial charge in [-0.05, 0) is 80.5 Å². The summed E-state index contributed by atoms with van der Waals surface area (Å²) in [5.41, 5.74) is 13.0. The highest BCUT2D eigenvalue weighted by Gasteiger charge is 2.37. The second-order valence-electron chi connectivity index (χ2n) is 12.2. The Kier molecular flexibility index (Phi) is 7.60. The minimum atomic E-state index is -0.0457. The molecule has 8 nitrogen and oxygen atoms in total. The van der Waals surface area contributed by atoms with Gasteiger partial charge in [-0.25, -0.2) is 15.0 Å². The molecule has 3 aromatic heterocycles.